The number of nitrogens with zero attached hydrogens (tertiary/aromatic N) is 1. The van der Waals surface area contributed by atoms with Crippen molar-refractivity contribution in [1.29, 1.82) is 0 Å². The molecule has 0 aromatic heterocycles. The van der Waals surface area contributed by atoms with Crippen LogP contribution in [0, 0.1) is 0 Å². The summed E-state index contributed by atoms with van der Waals surface area (Å²) in [5, 5.41) is 3.00. The minimum atomic E-state index is -0.0540. The highest BCUT2D eigenvalue weighted by Gasteiger charge is 2.18. The Morgan fingerprint density at radius 2 is 1.96 bits per heavy atom. The molecular weight excluding hydrogens is 316 g/mol. The van der Waals surface area contributed by atoms with Gasteiger partial charge in [0.15, 0.2) is 0 Å². The van der Waals surface area contributed by atoms with Gasteiger partial charge in [0, 0.05) is 35.0 Å². The molecule has 0 bridgehead atoms. The van der Waals surface area contributed by atoms with Gasteiger partial charge >= 0.3 is 0 Å². The normalized spacial score (nSPS) is 13.8. The van der Waals surface area contributed by atoms with Crippen LogP contribution in [0.15, 0.2) is 47.4 Å². The predicted octanol–water partition coefficient (Wildman–Crippen LogP) is 4.99. The van der Waals surface area contributed by atoms with Crippen molar-refractivity contribution in [2.45, 2.75) is 31.6 Å². The van der Waals surface area contributed by atoms with E-state index in [0.717, 1.165) is 24.5 Å². The van der Waals surface area contributed by atoms with E-state index >= 15 is 0 Å². The zero-order valence-corrected chi connectivity index (χ0v) is 15.3. The molecule has 2 aromatic carbocycles. The number of thioether (sulfide) groups is 1. The summed E-state index contributed by atoms with van der Waals surface area (Å²) in [6.07, 6.45) is 0. The van der Waals surface area contributed by atoms with Crippen molar-refractivity contribution in [3.05, 3.63) is 53.6 Å². The van der Waals surface area contributed by atoms with Gasteiger partial charge in [0.25, 0.3) is 5.91 Å². The molecule has 0 spiro atoms. The van der Waals surface area contributed by atoms with Crippen LogP contribution in [0.5, 0.6) is 0 Å². The van der Waals surface area contributed by atoms with E-state index in [1.54, 1.807) is 0 Å². The van der Waals surface area contributed by atoms with Crippen LogP contribution in [-0.2, 0) is 0 Å². The van der Waals surface area contributed by atoms with Crippen molar-refractivity contribution in [3.63, 3.8) is 0 Å². The van der Waals surface area contributed by atoms with Crippen molar-refractivity contribution in [2.75, 3.05) is 29.1 Å². The van der Waals surface area contributed by atoms with Gasteiger partial charge in [-0.1, -0.05) is 26.0 Å². The molecule has 0 aliphatic carbocycles. The largest absolute Gasteiger partial charge is 0.370 e. The second kappa shape index (κ2) is 7.31. The monoisotopic (exact) mass is 340 g/mol. The van der Waals surface area contributed by atoms with Crippen LogP contribution in [-0.4, -0.2) is 24.7 Å². The van der Waals surface area contributed by atoms with Crippen LogP contribution in [0.3, 0.4) is 0 Å². The van der Waals surface area contributed by atoms with E-state index < -0.39 is 0 Å². The number of fused-ring (bicyclic) bond motifs is 1. The number of benzene rings is 2. The van der Waals surface area contributed by atoms with E-state index in [1.165, 1.54) is 16.1 Å². The lowest BCUT2D eigenvalue weighted by molar-refractivity contribution is 0.102. The highest BCUT2D eigenvalue weighted by molar-refractivity contribution is 7.99. The Kier molecular flexibility index (Phi) is 5.14. The summed E-state index contributed by atoms with van der Waals surface area (Å²) in [6, 6.07) is 14.1. The molecule has 126 valence electrons. The third-order valence-electron chi connectivity index (χ3n) is 4.40. The Hall–Kier alpha value is -1.94. The highest BCUT2D eigenvalue weighted by atomic mass is 32.2. The number of hydrogen-bond donors (Lipinski definition) is 1. The highest BCUT2D eigenvalue weighted by Crippen LogP contribution is 2.35. The molecule has 1 amide bonds. The summed E-state index contributed by atoms with van der Waals surface area (Å²) in [5.74, 6) is 1.55. The minimum absolute atomic E-state index is 0.0540. The molecular formula is C20H24N2OS. The molecule has 3 rings (SSSR count). The maximum Gasteiger partial charge on any atom is 0.255 e. The molecule has 0 unspecified atom stereocenters. The molecule has 1 heterocycles. The first-order chi connectivity index (χ1) is 11.6. The molecule has 0 saturated heterocycles. The summed E-state index contributed by atoms with van der Waals surface area (Å²) < 4.78 is 0. The molecule has 1 N–H and O–H groups in total. The standard InChI is InChI=1S/C20H24N2OS/c1-4-22-11-12-24-19-10-7-16(13-18(19)22)20(23)21-17-8-5-15(6-9-17)14(2)3/h5-10,13-14H,4,11-12H2,1-3H3,(H,21,23). The Labute approximate surface area is 148 Å². The quantitative estimate of drug-likeness (QED) is 0.850. The van der Waals surface area contributed by atoms with Crippen LogP contribution in [0.25, 0.3) is 0 Å². The van der Waals surface area contributed by atoms with E-state index in [1.807, 2.05) is 36.0 Å². The van der Waals surface area contributed by atoms with Crippen LogP contribution in [0.4, 0.5) is 11.4 Å². The molecule has 1 aliphatic rings. The third kappa shape index (κ3) is 3.59. The van der Waals surface area contributed by atoms with Gasteiger partial charge < -0.3 is 10.2 Å². The summed E-state index contributed by atoms with van der Waals surface area (Å²) in [4.78, 5) is 16.2. The van der Waals surface area contributed by atoms with Crippen molar-refractivity contribution in [3.8, 4) is 0 Å². The first-order valence-corrected chi connectivity index (χ1v) is 9.50. The van der Waals surface area contributed by atoms with Gasteiger partial charge in [-0.25, -0.2) is 0 Å². The van der Waals surface area contributed by atoms with Crippen molar-refractivity contribution in [2.24, 2.45) is 0 Å². The van der Waals surface area contributed by atoms with E-state index in [4.69, 9.17) is 0 Å². The third-order valence-corrected chi connectivity index (χ3v) is 5.44. The van der Waals surface area contributed by atoms with E-state index in [0.29, 0.717) is 11.5 Å². The SMILES string of the molecule is CCN1CCSc2ccc(C(=O)Nc3ccc(C(C)C)cc3)cc21. The summed E-state index contributed by atoms with van der Waals surface area (Å²) in [6.45, 7) is 8.49. The lowest BCUT2D eigenvalue weighted by atomic mass is 10.0. The average Bonchev–Trinajstić information content (AvgIpc) is 2.61. The first kappa shape index (κ1) is 16.9. The van der Waals surface area contributed by atoms with Gasteiger partial charge in [-0.05, 0) is 48.7 Å². The molecule has 1 aliphatic heterocycles. The zero-order valence-electron chi connectivity index (χ0n) is 14.5. The molecule has 0 saturated carbocycles. The van der Waals surface area contributed by atoms with Gasteiger partial charge in [-0.3, -0.25) is 4.79 Å². The Balaban J connectivity index is 1.78. The van der Waals surface area contributed by atoms with Crippen LogP contribution >= 0.6 is 11.8 Å². The molecule has 2 aromatic rings. The van der Waals surface area contributed by atoms with Gasteiger partial charge in [-0.2, -0.15) is 0 Å². The Bertz CT molecular complexity index is 725. The topological polar surface area (TPSA) is 32.3 Å². The average molecular weight is 340 g/mol. The van der Waals surface area contributed by atoms with Gasteiger partial charge in [0.1, 0.15) is 0 Å². The van der Waals surface area contributed by atoms with E-state index in [9.17, 15) is 4.79 Å². The lowest BCUT2D eigenvalue weighted by Gasteiger charge is -2.30. The van der Waals surface area contributed by atoms with Crippen LogP contribution in [0.1, 0.15) is 42.6 Å². The molecule has 24 heavy (non-hydrogen) atoms. The second-order valence-electron chi connectivity index (χ2n) is 6.34. The number of rotatable bonds is 4. The molecule has 0 atom stereocenters. The fourth-order valence-corrected chi connectivity index (χ4v) is 3.93. The fourth-order valence-electron chi connectivity index (χ4n) is 2.90. The molecule has 0 radical (unpaired) electrons. The molecule has 4 heteroatoms. The number of nitrogens with one attached hydrogen (secondary N) is 1. The number of hydrogen-bond acceptors (Lipinski definition) is 3. The van der Waals surface area contributed by atoms with E-state index in [2.05, 4.69) is 49.2 Å². The summed E-state index contributed by atoms with van der Waals surface area (Å²) in [7, 11) is 0. The molecule has 3 nitrogen and oxygen atoms in total. The van der Waals surface area contributed by atoms with Crippen LogP contribution in [0.2, 0.25) is 0 Å². The Morgan fingerprint density at radius 3 is 2.62 bits per heavy atom. The van der Waals surface area contributed by atoms with Crippen molar-refractivity contribution < 1.29 is 4.79 Å². The number of amides is 1. The lowest BCUT2D eigenvalue weighted by Crippen LogP contribution is -2.29. The van der Waals surface area contributed by atoms with Gasteiger partial charge in [0.2, 0.25) is 0 Å². The molecule has 0 fully saturated rings. The Morgan fingerprint density at radius 1 is 1.21 bits per heavy atom. The van der Waals surface area contributed by atoms with Crippen LogP contribution < -0.4 is 10.2 Å². The fraction of sp³-hybridized carbons (Fsp3) is 0.350. The second-order valence-corrected chi connectivity index (χ2v) is 7.48. The number of carbonyl (C=O) groups is 1. The maximum absolute atomic E-state index is 12.6. The minimum Gasteiger partial charge on any atom is -0.370 e. The van der Waals surface area contributed by atoms with Gasteiger partial charge in [-0.15, -0.1) is 11.8 Å². The summed E-state index contributed by atoms with van der Waals surface area (Å²) in [5.41, 5.74) is 4.00. The van der Waals surface area contributed by atoms with Crippen molar-refractivity contribution in [1.82, 2.24) is 0 Å². The smallest absolute Gasteiger partial charge is 0.255 e. The van der Waals surface area contributed by atoms with E-state index in [-0.39, 0.29) is 5.91 Å². The zero-order chi connectivity index (χ0) is 17.1. The van der Waals surface area contributed by atoms with Gasteiger partial charge in [0.05, 0.1) is 5.69 Å². The maximum atomic E-state index is 12.6. The van der Waals surface area contributed by atoms with Crippen molar-refractivity contribution >= 4 is 29.0 Å². The summed E-state index contributed by atoms with van der Waals surface area (Å²) >= 11 is 1.86. The predicted molar refractivity (Wildman–Crippen MR) is 104 cm³/mol. The first-order valence-electron chi connectivity index (χ1n) is 8.51. The number of anilines is 2. The number of carbonyl (C=O) groups excluding carboxylic acids is 1.